The zero-order valence-corrected chi connectivity index (χ0v) is 17.3. The van der Waals surface area contributed by atoms with Crippen molar-refractivity contribution in [2.75, 3.05) is 31.8 Å². The van der Waals surface area contributed by atoms with Crippen LogP contribution in [-0.2, 0) is 14.6 Å². The van der Waals surface area contributed by atoms with Gasteiger partial charge in [-0.2, -0.15) is 0 Å². The van der Waals surface area contributed by atoms with Crippen molar-refractivity contribution in [1.29, 1.82) is 0 Å². The van der Waals surface area contributed by atoms with Crippen molar-refractivity contribution in [2.45, 2.75) is 24.3 Å². The van der Waals surface area contributed by atoms with Crippen LogP contribution in [0.2, 0.25) is 0 Å². The largest absolute Gasteiger partial charge is 0.494 e. The molecule has 0 aliphatic heterocycles. The molecule has 158 valence electrons. The fourth-order valence-corrected chi connectivity index (χ4v) is 3.17. The molecule has 29 heavy (non-hydrogen) atoms. The molecule has 0 saturated carbocycles. The van der Waals surface area contributed by atoms with Crippen molar-refractivity contribution in [3.8, 4) is 5.75 Å². The summed E-state index contributed by atoms with van der Waals surface area (Å²) in [4.78, 5) is 14.3. The van der Waals surface area contributed by atoms with Crippen LogP contribution in [0.25, 0.3) is 0 Å². The highest BCUT2D eigenvalue weighted by atomic mass is 32.2. The third-order valence-electron chi connectivity index (χ3n) is 4.39. The number of nitrogens with one attached hydrogen (secondary N) is 1. The average Bonchev–Trinajstić information content (AvgIpc) is 2.67. The monoisotopic (exact) mass is 426 g/mol. The molecule has 1 N–H and O–H groups in total. The lowest BCUT2D eigenvalue weighted by Crippen LogP contribution is -2.40. The highest BCUT2D eigenvalue weighted by molar-refractivity contribution is 7.90. The number of carbonyl (C=O) groups is 1. The number of benzene rings is 2. The van der Waals surface area contributed by atoms with Gasteiger partial charge in [-0.1, -0.05) is 6.07 Å². The second-order valence-electron chi connectivity index (χ2n) is 6.72. The van der Waals surface area contributed by atoms with Gasteiger partial charge in [0.15, 0.2) is 21.5 Å². The van der Waals surface area contributed by atoms with E-state index >= 15 is 0 Å². The lowest BCUT2D eigenvalue weighted by molar-refractivity contribution is -0.120. The zero-order valence-electron chi connectivity index (χ0n) is 16.5. The van der Waals surface area contributed by atoms with E-state index in [1.54, 1.807) is 31.0 Å². The van der Waals surface area contributed by atoms with Crippen molar-refractivity contribution >= 4 is 21.4 Å². The number of rotatable bonds is 9. The molecule has 9 heteroatoms. The summed E-state index contributed by atoms with van der Waals surface area (Å²) in [5, 5.41) is 2.55. The number of hydrogen-bond acceptors (Lipinski definition) is 5. The molecule has 2 rings (SSSR count). The van der Waals surface area contributed by atoms with E-state index < -0.39 is 27.5 Å². The first kappa shape index (κ1) is 22.8. The fraction of sp³-hybridized carbons (Fsp3) is 0.350. The SMILES string of the molecule is CC(C(=O)Nc1ccc(F)c(F)c1)N(C)CCCOc1cccc(S(C)(=O)=O)c1. The minimum absolute atomic E-state index is 0.184. The van der Waals surface area contributed by atoms with Crippen LogP contribution in [0, 0.1) is 11.6 Å². The molecule has 0 aromatic heterocycles. The second-order valence-corrected chi connectivity index (χ2v) is 8.74. The van der Waals surface area contributed by atoms with Gasteiger partial charge < -0.3 is 10.1 Å². The molecule has 0 spiro atoms. The van der Waals surface area contributed by atoms with Crippen molar-refractivity contribution < 1.29 is 26.7 Å². The summed E-state index contributed by atoms with van der Waals surface area (Å²) in [7, 11) is -1.53. The summed E-state index contributed by atoms with van der Waals surface area (Å²) >= 11 is 0. The van der Waals surface area contributed by atoms with Gasteiger partial charge in [0.05, 0.1) is 17.5 Å². The van der Waals surface area contributed by atoms with Crippen LogP contribution in [0.3, 0.4) is 0 Å². The lowest BCUT2D eigenvalue weighted by atomic mass is 10.2. The quantitative estimate of drug-likeness (QED) is 0.624. The van der Waals surface area contributed by atoms with Gasteiger partial charge in [0.2, 0.25) is 5.91 Å². The van der Waals surface area contributed by atoms with Gasteiger partial charge in [-0.15, -0.1) is 0 Å². The van der Waals surface area contributed by atoms with Crippen LogP contribution in [0.4, 0.5) is 14.5 Å². The number of anilines is 1. The van der Waals surface area contributed by atoms with Crippen LogP contribution < -0.4 is 10.1 Å². The fourth-order valence-electron chi connectivity index (χ4n) is 2.51. The molecule has 0 radical (unpaired) electrons. The molecule has 0 aliphatic carbocycles. The van der Waals surface area contributed by atoms with E-state index in [1.807, 2.05) is 0 Å². The van der Waals surface area contributed by atoms with Crippen LogP contribution in [-0.4, -0.2) is 51.7 Å². The number of carbonyl (C=O) groups excluding carboxylic acids is 1. The van der Waals surface area contributed by atoms with E-state index in [1.165, 1.54) is 18.2 Å². The van der Waals surface area contributed by atoms with Gasteiger partial charge in [-0.3, -0.25) is 9.69 Å². The van der Waals surface area contributed by atoms with Gasteiger partial charge >= 0.3 is 0 Å². The Morgan fingerprint density at radius 2 is 1.90 bits per heavy atom. The molecular formula is C20H24F2N2O4S. The molecule has 0 aliphatic rings. The molecule has 1 unspecified atom stereocenters. The summed E-state index contributed by atoms with van der Waals surface area (Å²) < 4.78 is 54.9. The molecule has 6 nitrogen and oxygen atoms in total. The number of nitrogens with zero attached hydrogens (tertiary/aromatic N) is 1. The molecule has 0 heterocycles. The number of hydrogen-bond donors (Lipinski definition) is 1. The highest BCUT2D eigenvalue weighted by Crippen LogP contribution is 2.18. The van der Waals surface area contributed by atoms with E-state index in [-0.39, 0.29) is 16.5 Å². The Morgan fingerprint density at radius 1 is 1.17 bits per heavy atom. The van der Waals surface area contributed by atoms with Gasteiger partial charge in [0.1, 0.15) is 5.75 Å². The predicted octanol–water partition coefficient (Wildman–Crippen LogP) is 3.10. The van der Waals surface area contributed by atoms with Crippen molar-refractivity contribution in [3.63, 3.8) is 0 Å². The van der Waals surface area contributed by atoms with Crippen LogP contribution >= 0.6 is 0 Å². The van der Waals surface area contributed by atoms with E-state index in [0.717, 1.165) is 18.4 Å². The van der Waals surface area contributed by atoms with Crippen LogP contribution in [0.5, 0.6) is 5.75 Å². The molecule has 0 fully saturated rings. The number of ether oxygens (including phenoxy) is 1. The molecule has 2 aromatic carbocycles. The van der Waals surface area contributed by atoms with Crippen molar-refractivity contribution in [1.82, 2.24) is 4.90 Å². The summed E-state index contributed by atoms with van der Waals surface area (Å²) in [6, 6.07) is 8.94. The molecule has 2 aromatic rings. The minimum atomic E-state index is -3.30. The van der Waals surface area contributed by atoms with Gasteiger partial charge in [0.25, 0.3) is 0 Å². The predicted molar refractivity (Wildman–Crippen MR) is 107 cm³/mol. The maximum atomic E-state index is 13.2. The smallest absolute Gasteiger partial charge is 0.241 e. The number of sulfone groups is 1. The van der Waals surface area contributed by atoms with E-state index in [9.17, 15) is 22.0 Å². The second kappa shape index (κ2) is 9.80. The van der Waals surface area contributed by atoms with Crippen molar-refractivity contribution in [2.24, 2.45) is 0 Å². The summed E-state index contributed by atoms with van der Waals surface area (Å²) in [6.07, 6.45) is 1.73. The first-order valence-corrected chi connectivity index (χ1v) is 10.9. The third kappa shape index (κ3) is 6.79. The average molecular weight is 426 g/mol. The highest BCUT2D eigenvalue weighted by Gasteiger charge is 2.18. The Kier molecular flexibility index (Phi) is 7.69. The summed E-state index contributed by atoms with van der Waals surface area (Å²) in [5.74, 6) is -1.89. The van der Waals surface area contributed by atoms with Crippen LogP contribution in [0.1, 0.15) is 13.3 Å². The molecule has 1 amide bonds. The zero-order chi connectivity index (χ0) is 21.6. The van der Waals surface area contributed by atoms with E-state index in [2.05, 4.69) is 5.32 Å². The molecular weight excluding hydrogens is 402 g/mol. The molecule has 0 bridgehead atoms. The summed E-state index contributed by atoms with van der Waals surface area (Å²) in [5.41, 5.74) is 0.184. The number of halogens is 2. The Labute approximate surface area is 169 Å². The number of amides is 1. The Hall–Kier alpha value is -2.52. The third-order valence-corrected chi connectivity index (χ3v) is 5.50. The Bertz CT molecular complexity index is 967. The maximum absolute atomic E-state index is 13.2. The standard InChI is InChI=1S/C20H24F2N2O4S/c1-14(20(25)23-15-8-9-18(21)19(22)12-15)24(2)10-5-11-28-16-6-4-7-17(13-16)29(3,26)27/h4,6-9,12-14H,5,10-11H2,1-3H3,(H,23,25). The van der Waals surface area contributed by atoms with Gasteiger partial charge in [-0.25, -0.2) is 17.2 Å². The van der Waals surface area contributed by atoms with Gasteiger partial charge in [-0.05, 0) is 50.7 Å². The molecule has 1 atom stereocenters. The first-order chi connectivity index (χ1) is 13.6. The lowest BCUT2D eigenvalue weighted by Gasteiger charge is -2.23. The van der Waals surface area contributed by atoms with E-state index in [4.69, 9.17) is 4.74 Å². The molecule has 0 saturated heterocycles. The minimum Gasteiger partial charge on any atom is -0.494 e. The normalized spacial score (nSPS) is 12.6. The van der Waals surface area contributed by atoms with Gasteiger partial charge in [0, 0.05) is 24.6 Å². The van der Waals surface area contributed by atoms with Crippen molar-refractivity contribution in [3.05, 3.63) is 54.1 Å². The maximum Gasteiger partial charge on any atom is 0.241 e. The Balaban J connectivity index is 1.80. The summed E-state index contributed by atoms with van der Waals surface area (Å²) in [6.45, 7) is 2.58. The van der Waals surface area contributed by atoms with E-state index in [0.29, 0.717) is 25.3 Å². The van der Waals surface area contributed by atoms with Crippen LogP contribution in [0.15, 0.2) is 47.4 Å². The Morgan fingerprint density at radius 3 is 2.55 bits per heavy atom. The first-order valence-electron chi connectivity index (χ1n) is 8.97. The topological polar surface area (TPSA) is 75.7 Å². The number of likely N-dealkylation sites (N-methyl/N-ethyl adjacent to an activating group) is 1.